The Balaban J connectivity index is 1.84. The SMILES string of the molecule is CCCOc1ccc([C@@H]2/C(=C(\O)c3ccc(OC)cc3)C(=O)C(=O)N2c2cc(C)on2)cc1. The summed E-state index contributed by atoms with van der Waals surface area (Å²) in [6.45, 7) is 4.29. The molecule has 170 valence electrons. The minimum Gasteiger partial charge on any atom is -0.507 e. The Morgan fingerprint density at radius 2 is 1.76 bits per heavy atom. The summed E-state index contributed by atoms with van der Waals surface area (Å²) in [4.78, 5) is 27.4. The predicted octanol–water partition coefficient (Wildman–Crippen LogP) is 4.41. The Morgan fingerprint density at radius 1 is 1.09 bits per heavy atom. The lowest BCUT2D eigenvalue weighted by molar-refractivity contribution is -0.132. The fourth-order valence-electron chi connectivity index (χ4n) is 3.72. The fraction of sp³-hybridized carbons (Fsp3) is 0.240. The number of benzene rings is 2. The number of hydrogen-bond donors (Lipinski definition) is 1. The molecule has 1 aromatic heterocycles. The fourth-order valence-corrected chi connectivity index (χ4v) is 3.72. The highest BCUT2D eigenvalue weighted by molar-refractivity contribution is 6.51. The van der Waals surface area contributed by atoms with Crippen molar-refractivity contribution in [1.82, 2.24) is 5.16 Å². The first-order valence-electron chi connectivity index (χ1n) is 10.6. The highest BCUT2D eigenvalue weighted by Crippen LogP contribution is 2.42. The number of carbonyl (C=O) groups excluding carboxylic acids is 2. The van der Waals surface area contributed by atoms with Gasteiger partial charge in [0.25, 0.3) is 5.78 Å². The summed E-state index contributed by atoms with van der Waals surface area (Å²) >= 11 is 0. The number of Topliss-reactive ketones (excluding diaryl/α,β-unsaturated/α-hetero) is 1. The molecule has 1 aliphatic rings. The second-order valence-corrected chi connectivity index (χ2v) is 7.61. The number of ketones is 1. The van der Waals surface area contributed by atoms with Crippen LogP contribution in [0.1, 0.15) is 36.3 Å². The molecule has 33 heavy (non-hydrogen) atoms. The maximum Gasteiger partial charge on any atom is 0.301 e. The highest BCUT2D eigenvalue weighted by Gasteiger charge is 2.48. The summed E-state index contributed by atoms with van der Waals surface area (Å²) in [6, 6.07) is 14.3. The van der Waals surface area contributed by atoms with Crippen LogP contribution in [0.15, 0.2) is 64.7 Å². The van der Waals surface area contributed by atoms with Crippen LogP contribution in [0.4, 0.5) is 5.82 Å². The molecule has 0 bridgehead atoms. The maximum atomic E-state index is 13.1. The molecular weight excluding hydrogens is 424 g/mol. The van der Waals surface area contributed by atoms with Gasteiger partial charge >= 0.3 is 5.91 Å². The Labute approximate surface area is 191 Å². The third-order valence-corrected chi connectivity index (χ3v) is 5.34. The highest BCUT2D eigenvalue weighted by atomic mass is 16.5. The van der Waals surface area contributed by atoms with Crippen molar-refractivity contribution in [3.63, 3.8) is 0 Å². The number of aliphatic hydroxyl groups is 1. The molecule has 1 N–H and O–H groups in total. The largest absolute Gasteiger partial charge is 0.507 e. The number of hydrogen-bond acceptors (Lipinski definition) is 7. The van der Waals surface area contributed by atoms with Crippen LogP contribution in [0.25, 0.3) is 5.76 Å². The minimum absolute atomic E-state index is 0.0342. The van der Waals surface area contributed by atoms with Crippen molar-refractivity contribution in [3.8, 4) is 11.5 Å². The molecule has 4 rings (SSSR count). The maximum absolute atomic E-state index is 13.1. The van der Waals surface area contributed by atoms with Crippen LogP contribution >= 0.6 is 0 Å². The molecular formula is C25H24N2O6. The predicted molar refractivity (Wildman–Crippen MR) is 121 cm³/mol. The number of aryl methyl sites for hydroxylation is 1. The van der Waals surface area contributed by atoms with Crippen molar-refractivity contribution in [2.45, 2.75) is 26.3 Å². The van der Waals surface area contributed by atoms with Gasteiger partial charge in [-0.3, -0.25) is 14.5 Å². The monoisotopic (exact) mass is 448 g/mol. The van der Waals surface area contributed by atoms with Gasteiger partial charge in [-0.2, -0.15) is 0 Å². The molecule has 1 fully saturated rings. The molecule has 0 spiro atoms. The second-order valence-electron chi connectivity index (χ2n) is 7.61. The topological polar surface area (TPSA) is 102 Å². The standard InChI is InChI=1S/C25H24N2O6/c1-4-13-32-19-11-5-16(6-12-19)22-21(23(28)17-7-9-18(31-3)10-8-17)24(29)25(30)27(22)20-14-15(2)33-26-20/h5-12,14,22,28H,4,13H2,1-3H3/b23-21+/t22-/m1/s1. The number of amides is 1. The van der Waals surface area contributed by atoms with Crippen molar-refractivity contribution in [3.05, 3.63) is 77.1 Å². The van der Waals surface area contributed by atoms with E-state index in [1.807, 2.05) is 6.92 Å². The quantitative estimate of drug-likeness (QED) is 0.325. The molecule has 1 aliphatic heterocycles. The number of methoxy groups -OCH3 is 1. The van der Waals surface area contributed by atoms with Gasteiger partial charge in [0.15, 0.2) is 5.82 Å². The zero-order chi connectivity index (χ0) is 23.5. The first kappa shape index (κ1) is 22.1. The van der Waals surface area contributed by atoms with E-state index >= 15 is 0 Å². The van der Waals surface area contributed by atoms with Gasteiger partial charge in [-0.15, -0.1) is 0 Å². The van der Waals surface area contributed by atoms with Gasteiger partial charge < -0.3 is 19.1 Å². The Kier molecular flexibility index (Phi) is 6.17. The van der Waals surface area contributed by atoms with Gasteiger partial charge in [0, 0.05) is 11.6 Å². The first-order chi connectivity index (χ1) is 15.9. The molecule has 1 saturated heterocycles. The summed E-state index contributed by atoms with van der Waals surface area (Å²) < 4.78 is 16.0. The normalized spacial score (nSPS) is 17.4. The van der Waals surface area contributed by atoms with Gasteiger partial charge in [-0.05, 0) is 55.3 Å². The summed E-state index contributed by atoms with van der Waals surface area (Å²) in [6.07, 6.45) is 0.870. The molecule has 8 nitrogen and oxygen atoms in total. The van der Waals surface area contributed by atoms with E-state index in [1.54, 1.807) is 61.5 Å². The van der Waals surface area contributed by atoms with Gasteiger partial charge in [0.05, 0.1) is 25.3 Å². The summed E-state index contributed by atoms with van der Waals surface area (Å²) in [5.41, 5.74) is 0.972. The molecule has 1 atom stereocenters. The van der Waals surface area contributed by atoms with E-state index in [1.165, 1.54) is 12.0 Å². The van der Waals surface area contributed by atoms with Crippen LogP contribution in [0.2, 0.25) is 0 Å². The van der Waals surface area contributed by atoms with E-state index < -0.39 is 17.7 Å². The number of aromatic nitrogens is 1. The van der Waals surface area contributed by atoms with Crippen LogP contribution in [0.3, 0.4) is 0 Å². The van der Waals surface area contributed by atoms with E-state index in [0.29, 0.717) is 35.0 Å². The van der Waals surface area contributed by atoms with Crippen LogP contribution in [-0.4, -0.2) is 35.7 Å². The Morgan fingerprint density at radius 3 is 2.33 bits per heavy atom. The summed E-state index contributed by atoms with van der Waals surface area (Å²) in [5.74, 6) is 0.0723. The van der Waals surface area contributed by atoms with E-state index in [2.05, 4.69) is 5.16 Å². The van der Waals surface area contributed by atoms with Gasteiger partial charge in [0.1, 0.15) is 23.0 Å². The summed E-state index contributed by atoms with van der Waals surface area (Å²) in [5, 5.41) is 15.1. The van der Waals surface area contributed by atoms with Crippen LogP contribution in [-0.2, 0) is 9.59 Å². The van der Waals surface area contributed by atoms with Crippen molar-refractivity contribution in [2.24, 2.45) is 0 Å². The van der Waals surface area contributed by atoms with Crippen LogP contribution < -0.4 is 14.4 Å². The molecule has 1 amide bonds. The van der Waals surface area contributed by atoms with Gasteiger partial charge in [0.2, 0.25) is 0 Å². The van der Waals surface area contributed by atoms with Crippen molar-refractivity contribution >= 4 is 23.3 Å². The number of rotatable bonds is 7. The number of aliphatic hydroxyl groups excluding tert-OH is 1. The number of ether oxygens (including phenoxy) is 2. The zero-order valence-corrected chi connectivity index (χ0v) is 18.6. The van der Waals surface area contributed by atoms with Gasteiger partial charge in [-0.1, -0.05) is 24.2 Å². The Bertz CT molecular complexity index is 1190. The molecule has 0 radical (unpaired) electrons. The minimum atomic E-state index is -0.892. The number of anilines is 1. The third kappa shape index (κ3) is 4.19. The first-order valence-corrected chi connectivity index (χ1v) is 10.6. The van der Waals surface area contributed by atoms with Crippen molar-refractivity contribution in [2.75, 3.05) is 18.6 Å². The van der Waals surface area contributed by atoms with Crippen LogP contribution in [0, 0.1) is 6.92 Å². The average molecular weight is 448 g/mol. The van der Waals surface area contributed by atoms with E-state index in [9.17, 15) is 14.7 Å². The molecule has 8 heteroatoms. The van der Waals surface area contributed by atoms with Gasteiger partial charge in [-0.25, -0.2) is 0 Å². The van der Waals surface area contributed by atoms with Crippen LogP contribution in [0.5, 0.6) is 11.5 Å². The lowest BCUT2D eigenvalue weighted by Gasteiger charge is -2.23. The molecule has 0 unspecified atom stereocenters. The number of nitrogens with zero attached hydrogens (tertiary/aromatic N) is 2. The van der Waals surface area contributed by atoms with E-state index in [4.69, 9.17) is 14.0 Å². The average Bonchev–Trinajstić information content (AvgIpc) is 3.38. The lowest BCUT2D eigenvalue weighted by Crippen LogP contribution is -2.29. The third-order valence-electron chi connectivity index (χ3n) is 5.34. The van der Waals surface area contributed by atoms with E-state index in [0.717, 1.165) is 6.42 Å². The van der Waals surface area contributed by atoms with Crippen molar-refractivity contribution in [1.29, 1.82) is 0 Å². The lowest BCUT2D eigenvalue weighted by atomic mass is 9.95. The van der Waals surface area contributed by atoms with Crippen molar-refractivity contribution < 1.29 is 28.7 Å². The zero-order valence-electron chi connectivity index (χ0n) is 18.6. The summed E-state index contributed by atoms with van der Waals surface area (Å²) in [7, 11) is 1.54. The molecule has 2 heterocycles. The molecule has 0 saturated carbocycles. The van der Waals surface area contributed by atoms with E-state index in [-0.39, 0.29) is 17.2 Å². The molecule has 3 aromatic rings. The molecule has 2 aromatic carbocycles. The molecule has 0 aliphatic carbocycles. The second kappa shape index (κ2) is 9.20. The smallest absolute Gasteiger partial charge is 0.301 e. The Hall–Kier alpha value is -4.07. The number of carbonyl (C=O) groups is 2.